The van der Waals surface area contributed by atoms with Gasteiger partial charge in [-0.2, -0.15) is 0 Å². The highest BCUT2D eigenvalue weighted by Crippen LogP contribution is 2.30. The van der Waals surface area contributed by atoms with E-state index in [1.165, 1.54) is 6.07 Å². The Bertz CT molecular complexity index is 446. The molecule has 1 unspecified atom stereocenters. The van der Waals surface area contributed by atoms with Crippen LogP contribution in [-0.2, 0) is 5.54 Å². The van der Waals surface area contributed by atoms with Gasteiger partial charge in [0.25, 0.3) is 0 Å². The summed E-state index contributed by atoms with van der Waals surface area (Å²) in [7, 11) is 0. The molecule has 0 aromatic heterocycles. The normalized spacial score (nSPS) is 14.3. The van der Waals surface area contributed by atoms with Gasteiger partial charge >= 0.3 is 0 Å². The molecule has 0 saturated heterocycles. The van der Waals surface area contributed by atoms with E-state index < -0.39 is 5.54 Å². The summed E-state index contributed by atoms with van der Waals surface area (Å²) < 4.78 is 14.1. The topological polar surface area (TPSA) is 29.3 Å². The molecule has 0 spiro atoms. The highest BCUT2D eigenvalue weighted by Gasteiger charge is 2.35. The Morgan fingerprint density at radius 3 is 2.25 bits per heavy atom. The summed E-state index contributed by atoms with van der Waals surface area (Å²) >= 11 is 0. The molecule has 0 heterocycles. The third-order valence-corrected chi connectivity index (χ3v) is 3.67. The largest absolute Gasteiger partial charge is 0.320 e. The molecular weight excluding hydrogens is 251 g/mol. The van der Waals surface area contributed by atoms with Gasteiger partial charge in [0, 0.05) is 25.2 Å². The predicted molar refractivity (Wildman–Crippen MR) is 83.9 cm³/mol. The fourth-order valence-corrected chi connectivity index (χ4v) is 2.36. The molecule has 20 heavy (non-hydrogen) atoms. The number of rotatable bonds is 8. The molecule has 110 valence electrons. The Morgan fingerprint density at radius 1 is 1.25 bits per heavy atom. The monoisotopic (exact) mass is 276 g/mol. The van der Waals surface area contributed by atoms with Gasteiger partial charge in [-0.05, 0) is 12.0 Å². The second-order valence-electron chi connectivity index (χ2n) is 5.45. The summed E-state index contributed by atoms with van der Waals surface area (Å²) in [6.07, 6.45) is 3.65. The van der Waals surface area contributed by atoms with Crippen LogP contribution in [0.5, 0.6) is 0 Å². The Balaban J connectivity index is 3.11. The first-order chi connectivity index (χ1) is 9.45. The molecule has 0 saturated carbocycles. The van der Waals surface area contributed by atoms with Gasteiger partial charge in [0.1, 0.15) is 5.82 Å². The molecule has 1 rings (SSSR count). The molecule has 3 heteroatoms. The first-order valence-corrected chi connectivity index (χ1v) is 6.93. The van der Waals surface area contributed by atoms with Crippen LogP contribution in [0.15, 0.2) is 49.6 Å². The number of hydrogen-bond donors (Lipinski definition) is 1. The maximum atomic E-state index is 14.1. The van der Waals surface area contributed by atoms with Crippen LogP contribution in [0.3, 0.4) is 0 Å². The number of halogens is 1. The lowest BCUT2D eigenvalue weighted by Crippen LogP contribution is -2.52. The maximum absolute atomic E-state index is 14.1. The van der Waals surface area contributed by atoms with Crippen molar-refractivity contribution in [1.29, 1.82) is 0 Å². The molecule has 0 amide bonds. The van der Waals surface area contributed by atoms with Crippen LogP contribution in [0.4, 0.5) is 4.39 Å². The Kier molecular flexibility index (Phi) is 6.11. The fourth-order valence-electron chi connectivity index (χ4n) is 2.36. The molecule has 0 radical (unpaired) electrons. The first-order valence-electron chi connectivity index (χ1n) is 6.93. The second-order valence-corrected chi connectivity index (χ2v) is 5.45. The van der Waals surface area contributed by atoms with Gasteiger partial charge in [0.15, 0.2) is 0 Å². The summed E-state index contributed by atoms with van der Waals surface area (Å²) in [5, 5.41) is 0. The molecule has 2 N–H and O–H groups in total. The average Bonchev–Trinajstić information content (AvgIpc) is 2.39. The standard InChI is InChI=1S/C17H25FN2/c1-5-11-20(12-6-2)13-17(19,14(3)4)15-9-7-8-10-16(15)18/h5-10,14H,1-2,11-13,19H2,3-4H3. The van der Waals surface area contributed by atoms with E-state index >= 15 is 0 Å². The van der Waals surface area contributed by atoms with Crippen molar-refractivity contribution in [3.8, 4) is 0 Å². The number of hydrogen-bond acceptors (Lipinski definition) is 2. The summed E-state index contributed by atoms with van der Waals surface area (Å²) in [6.45, 7) is 13.5. The summed E-state index contributed by atoms with van der Waals surface area (Å²) in [6, 6.07) is 6.75. The van der Waals surface area contributed by atoms with Gasteiger partial charge in [-0.15, -0.1) is 13.2 Å². The number of nitrogens with zero attached hydrogens (tertiary/aromatic N) is 1. The summed E-state index contributed by atoms with van der Waals surface area (Å²) in [5.74, 6) is -0.141. The van der Waals surface area contributed by atoms with Gasteiger partial charge in [-0.3, -0.25) is 4.90 Å². The van der Waals surface area contributed by atoms with E-state index in [0.29, 0.717) is 25.2 Å². The predicted octanol–water partition coefficient (Wildman–Crippen LogP) is 3.31. The van der Waals surface area contributed by atoms with Crippen molar-refractivity contribution in [2.24, 2.45) is 11.7 Å². The van der Waals surface area contributed by atoms with Gasteiger partial charge in [0.2, 0.25) is 0 Å². The van der Waals surface area contributed by atoms with Crippen molar-refractivity contribution < 1.29 is 4.39 Å². The lowest BCUT2D eigenvalue weighted by molar-refractivity contribution is 0.193. The average molecular weight is 276 g/mol. The SMILES string of the molecule is C=CCN(CC=C)CC(N)(c1ccccc1F)C(C)C. The Hall–Kier alpha value is -1.45. The smallest absolute Gasteiger partial charge is 0.128 e. The van der Waals surface area contributed by atoms with Crippen LogP contribution in [0.1, 0.15) is 19.4 Å². The zero-order chi connectivity index (χ0) is 15.2. The number of benzene rings is 1. The van der Waals surface area contributed by atoms with Gasteiger partial charge < -0.3 is 5.73 Å². The Labute approximate surface area is 121 Å². The van der Waals surface area contributed by atoms with Crippen LogP contribution in [0.25, 0.3) is 0 Å². The number of nitrogens with two attached hydrogens (primary N) is 1. The van der Waals surface area contributed by atoms with Gasteiger partial charge in [0.05, 0.1) is 5.54 Å². The van der Waals surface area contributed by atoms with Crippen LogP contribution in [0, 0.1) is 11.7 Å². The lowest BCUT2D eigenvalue weighted by atomic mass is 9.80. The van der Waals surface area contributed by atoms with Crippen molar-refractivity contribution in [2.75, 3.05) is 19.6 Å². The highest BCUT2D eigenvalue weighted by molar-refractivity contribution is 5.27. The Morgan fingerprint density at radius 2 is 1.80 bits per heavy atom. The van der Waals surface area contributed by atoms with Crippen molar-refractivity contribution in [3.05, 3.63) is 61.0 Å². The fraction of sp³-hybridized carbons (Fsp3) is 0.412. The van der Waals surface area contributed by atoms with Gasteiger partial charge in [-0.25, -0.2) is 4.39 Å². The third kappa shape index (κ3) is 3.78. The minimum absolute atomic E-state index is 0.108. The molecule has 1 aromatic carbocycles. The van der Waals surface area contributed by atoms with Crippen LogP contribution < -0.4 is 5.73 Å². The zero-order valence-electron chi connectivity index (χ0n) is 12.5. The first kappa shape index (κ1) is 16.6. The molecule has 0 aliphatic heterocycles. The second kappa shape index (κ2) is 7.36. The molecule has 1 atom stereocenters. The third-order valence-electron chi connectivity index (χ3n) is 3.67. The summed E-state index contributed by atoms with van der Waals surface area (Å²) in [4.78, 5) is 2.12. The van der Waals surface area contributed by atoms with E-state index in [4.69, 9.17) is 5.73 Å². The van der Waals surface area contributed by atoms with E-state index in [1.54, 1.807) is 12.1 Å². The molecule has 0 bridgehead atoms. The quantitative estimate of drug-likeness (QED) is 0.738. The molecule has 2 nitrogen and oxygen atoms in total. The minimum Gasteiger partial charge on any atom is -0.320 e. The van der Waals surface area contributed by atoms with E-state index in [0.717, 1.165) is 0 Å². The zero-order valence-corrected chi connectivity index (χ0v) is 12.5. The minimum atomic E-state index is -0.739. The van der Waals surface area contributed by atoms with Crippen molar-refractivity contribution in [2.45, 2.75) is 19.4 Å². The highest BCUT2D eigenvalue weighted by atomic mass is 19.1. The molecule has 0 aliphatic carbocycles. The molecular formula is C17H25FN2. The van der Waals surface area contributed by atoms with Crippen molar-refractivity contribution in [3.63, 3.8) is 0 Å². The van der Waals surface area contributed by atoms with Crippen molar-refractivity contribution >= 4 is 0 Å². The van der Waals surface area contributed by atoms with Gasteiger partial charge in [-0.1, -0.05) is 44.2 Å². The van der Waals surface area contributed by atoms with Crippen molar-refractivity contribution in [1.82, 2.24) is 4.90 Å². The van der Waals surface area contributed by atoms with Crippen LogP contribution in [-0.4, -0.2) is 24.5 Å². The van der Waals surface area contributed by atoms with Crippen LogP contribution in [0.2, 0.25) is 0 Å². The summed E-state index contributed by atoms with van der Waals surface area (Å²) in [5.41, 5.74) is 6.40. The molecule has 0 aliphatic rings. The van der Waals surface area contributed by atoms with E-state index in [1.807, 2.05) is 32.1 Å². The van der Waals surface area contributed by atoms with E-state index in [9.17, 15) is 4.39 Å². The van der Waals surface area contributed by atoms with E-state index in [-0.39, 0.29) is 11.7 Å². The molecule has 0 fully saturated rings. The maximum Gasteiger partial charge on any atom is 0.128 e. The van der Waals surface area contributed by atoms with Crippen LogP contribution >= 0.6 is 0 Å². The molecule has 1 aromatic rings. The lowest BCUT2D eigenvalue weighted by Gasteiger charge is -2.38. The van der Waals surface area contributed by atoms with E-state index in [2.05, 4.69) is 18.1 Å².